The summed E-state index contributed by atoms with van der Waals surface area (Å²) in [5.41, 5.74) is 0. The first-order valence-electron chi connectivity index (χ1n) is 6.30. The summed E-state index contributed by atoms with van der Waals surface area (Å²) in [6.45, 7) is 0. The molecule has 1 aliphatic rings. The van der Waals surface area contributed by atoms with Crippen LogP contribution in [0.4, 0.5) is 0 Å². The Morgan fingerprint density at radius 3 is 2.24 bits per heavy atom. The Labute approximate surface area is 102 Å². The van der Waals surface area contributed by atoms with E-state index in [1.807, 2.05) is 7.05 Å². The van der Waals surface area contributed by atoms with Crippen LogP contribution in [0.5, 0.6) is 0 Å². The number of carbonyl (C=O) groups excluding carboxylic acids is 1. The molecule has 0 aromatic heterocycles. The fourth-order valence-electron chi connectivity index (χ4n) is 2.23. The first-order valence-corrected chi connectivity index (χ1v) is 6.30. The van der Waals surface area contributed by atoms with Crippen molar-refractivity contribution in [1.82, 2.24) is 10.6 Å². The van der Waals surface area contributed by atoms with Gasteiger partial charge in [0.1, 0.15) is 0 Å². The quantitative estimate of drug-likeness (QED) is 0.646. The van der Waals surface area contributed by atoms with Crippen LogP contribution in [-0.4, -0.2) is 36.1 Å². The second-order valence-corrected chi connectivity index (χ2v) is 4.65. The van der Waals surface area contributed by atoms with Crippen molar-refractivity contribution in [2.75, 3.05) is 7.05 Å². The van der Waals surface area contributed by atoms with Crippen LogP contribution in [0.3, 0.4) is 0 Å². The highest BCUT2D eigenvalue weighted by molar-refractivity contribution is 5.77. The topological polar surface area (TPSA) is 78.4 Å². The number of rotatable bonds is 6. The Morgan fingerprint density at radius 2 is 1.71 bits per heavy atom. The minimum absolute atomic E-state index is 0.0147. The van der Waals surface area contributed by atoms with E-state index in [2.05, 4.69) is 10.6 Å². The van der Waals surface area contributed by atoms with E-state index in [1.54, 1.807) is 0 Å². The third-order valence-electron chi connectivity index (χ3n) is 3.30. The van der Waals surface area contributed by atoms with Crippen molar-refractivity contribution in [2.45, 2.75) is 57.0 Å². The second kappa shape index (κ2) is 7.27. The largest absolute Gasteiger partial charge is 0.481 e. The van der Waals surface area contributed by atoms with Crippen molar-refractivity contribution in [2.24, 2.45) is 0 Å². The predicted octanol–water partition coefficient (Wildman–Crippen LogP) is 0.888. The smallest absolute Gasteiger partial charge is 0.303 e. The number of hydrogen-bond acceptors (Lipinski definition) is 3. The maximum atomic E-state index is 11.5. The first kappa shape index (κ1) is 14.0. The lowest BCUT2D eigenvalue weighted by Crippen LogP contribution is -2.41. The first-order chi connectivity index (χ1) is 8.11. The third-order valence-corrected chi connectivity index (χ3v) is 3.30. The molecule has 1 rings (SSSR count). The second-order valence-electron chi connectivity index (χ2n) is 4.65. The number of aliphatic carboxylic acids is 1. The monoisotopic (exact) mass is 242 g/mol. The summed E-state index contributed by atoms with van der Waals surface area (Å²) in [5.74, 6) is -0.855. The zero-order valence-electron chi connectivity index (χ0n) is 10.4. The fraction of sp³-hybridized carbons (Fsp3) is 0.833. The van der Waals surface area contributed by atoms with Crippen LogP contribution in [0.2, 0.25) is 0 Å². The zero-order chi connectivity index (χ0) is 12.7. The van der Waals surface area contributed by atoms with Crippen LogP contribution in [-0.2, 0) is 9.59 Å². The maximum absolute atomic E-state index is 11.5. The molecule has 1 amide bonds. The van der Waals surface area contributed by atoms with Gasteiger partial charge in [0.2, 0.25) is 5.91 Å². The number of carbonyl (C=O) groups is 2. The summed E-state index contributed by atoms with van der Waals surface area (Å²) in [7, 11) is 1.97. The normalized spacial score (nSPS) is 24.3. The lowest BCUT2D eigenvalue weighted by Gasteiger charge is -2.28. The zero-order valence-corrected chi connectivity index (χ0v) is 10.4. The lowest BCUT2D eigenvalue weighted by atomic mass is 9.91. The Hall–Kier alpha value is -1.10. The maximum Gasteiger partial charge on any atom is 0.303 e. The summed E-state index contributed by atoms with van der Waals surface area (Å²) in [6, 6.07) is 0.854. The van der Waals surface area contributed by atoms with Gasteiger partial charge in [-0.15, -0.1) is 0 Å². The van der Waals surface area contributed by atoms with Gasteiger partial charge in [-0.1, -0.05) is 0 Å². The third kappa shape index (κ3) is 5.68. The summed E-state index contributed by atoms with van der Waals surface area (Å²) in [5, 5.41) is 14.7. The summed E-state index contributed by atoms with van der Waals surface area (Å²) < 4.78 is 0. The highest BCUT2D eigenvalue weighted by Gasteiger charge is 2.20. The van der Waals surface area contributed by atoms with Crippen LogP contribution in [0, 0.1) is 0 Å². The molecule has 17 heavy (non-hydrogen) atoms. The highest BCUT2D eigenvalue weighted by Crippen LogP contribution is 2.18. The van der Waals surface area contributed by atoms with E-state index in [0.29, 0.717) is 18.9 Å². The Balaban J connectivity index is 2.12. The molecule has 0 radical (unpaired) electrons. The molecule has 0 unspecified atom stereocenters. The van der Waals surface area contributed by atoms with E-state index in [1.165, 1.54) is 0 Å². The van der Waals surface area contributed by atoms with Crippen molar-refractivity contribution in [1.29, 1.82) is 0 Å². The average Bonchev–Trinajstić information content (AvgIpc) is 2.29. The van der Waals surface area contributed by atoms with Gasteiger partial charge < -0.3 is 15.7 Å². The minimum Gasteiger partial charge on any atom is -0.481 e. The van der Waals surface area contributed by atoms with E-state index in [9.17, 15) is 9.59 Å². The van der Waals surface area contributed by atoms with E-state index < -0.39 is 5.97 Å². The molecule has 0 aromatic rings. The molecule has 0 spiro atoms. The number of carboxylic acids is 1. The molecule has 1 aliphatic carbocycles. The van der Waals surface area contributed by atoms with E-state index in [-0.39, 0.29) is 18.4 Å². The molecular weight excluding hydrogens is 220 g/mol. The van der Waals surface area contributed by atoms with Gasteiger partial charge in [-0.25, -0.2) is 0 Å². The van der Waals surface area contributed by atoms with Crippen molar-refractivity contribution in [3.63, 3.8) is 0 Å². The minimum atomic E-state index is -0.840. The van der Waals surface area contributed by atoms with Gasteiger partial charge in [-0.2, -0.15) is 0 Å². The van der Waals surface area contributed by atoms with Crippen LogP contribution in [0.15, 0.2) is 0 Å². The van der Waals surface area contributed by atoms with Crippen LogP contribution in [0.25, 0.3) is 0 Å². The molecule has 0 heterocycles. The molecule has 1 fully saturated rings. The molecule has 5 nitrogen and oxygen atoms in total. The number of nitrogens with one attached hydrogen (secondary N) is 2. The molecule has 5 heteroatoms. The Bertz CT molecular complexity index is 260. The van der Waals surface area contributed by atoms with Gasteiger partial charge in [0.25, 0.3) is 0 Å². The SMILES string of the molecule is CNC1CCC(NC(=O)CCCC(=O)O)CC1. The van der Waals surface area contributed by atoms with Gasteiger partial charge in [0.05, 0.1) is 0 Å². The lowest BCUT2D eigenvalue weighted by molar-refractivity contribution is -0.137. The van der Waals surface area contributed by atoms with Crippen molar-refractivity contribution in [3.05, 3.63) is 0 Å². The number of hydrogen-bond donors (Lipinski definition) is 3. The predicted molar refractivity (Wildman–Crippen MR) is 64.7 cm³/mol. The van der Waals surface area contributed by atoms with Gasteiger partial charge in [0, 0.05) is 24.9 Å². The molecule has 0 aromatic carbocycles. The molecule has 1 saturated carbocycles. The summed E-state index contributed by atoms with van der Waals surface area (Å²) in [6.07, 6.45) is 5.02. The summed E-state index contributed by atoms with van der Waals surface area (Å²) >= 11 is 0. The van der Waals surface area contributed by atoms with E-state index in [4.69, 9.17) is 5.11 Å². The molecular formula is C12H22N2O3. The standard InChI is InChI=1S/C12H22N2O3/c1-13-9-5-7-10(8-6-9)14-11(15)3-2-4-12(16)17/h9-10,13H,2-8H2,1H3,(H,14,15)(H,16,17). The Morgan fingerprint density at radius 1 is 1.12 bits per heavy atom. The van der Waals surface area contributed by atoms with Gasteiger partial charge >= 0.3 is 5.97 Å². The number of amides is 1. The van der Waals surface area contributed by atoms with Crippen molar-refractivity contribution < 1.29 is 14.7 Å². The van der Waals surface area contributed by atoms with Gasteiger partial charge in [0.15, 0.2) is 0 Å². The highest BCUT2D eigenvalue weighted by atomic mass is 16.4. The molecule has 0 bridgehead atoms. The van der Waals surface area contributed by atoms with Crippen molar-refractivity contribution >= 4 is 11.9 Å². The molecule has 98 valence electrons. The summed E-state index contributed by atoms with van der Waals surface area (Å²) in [4.78, 5) is 21.8. The van der Waals surface area contributed by atoms with Gasteiger partial charge in [-0.05, 0) is 39.2 Å². The van der Waals surface area contributed by atoms with Crippen LogP contribution >= 0.6 is 0 Å². The molecule has 3 N–H and O–H groups in total. The fourth-order valence-corrected chi connectivity index (χ4v) is 2.23. The average molecular weight is 242 g/mol. The van der Waals surface area contributed by atoms with E-state index >= 15 is 0 Å². The van der Waals surface area contributed by atoms with Crippen LogP contribution in [0.1, 0.15) is 44.9 Å². The molecule has 0 aliphatic heterocycles. The number of carboxylic acid groups (broad SMARTS) is 1. The van der Waals surface area contributed by atoms with Gasteiger partial charge in [-0.3, -0.25) is 9.59 Å². The van der Waals surface area contributed by atoms with Crippen LogP contribution < -0.4 is 10.6 Å². The molecule has 0 saturated heterocycles. The molecule has 0 atom stereocenters. The van der Waals surface area contributed by atoms with E-state index in [0.717, 1.165) is 25.7 Å². The Kier molecular flexibility index (Phi) is 5.97. The van der Waals surface area contributed by atoms with Crippen molar-refractivity contribution in [3.8, 4) is 0 Å².